The molecule has 1 fully saturated rings. The van der Waals surface area contributed by atoms with Gasteiger partial charge in [-0.15, -0.1) is 6.58 Å². The third-order valence-electron chi connectivity index (χ3n) is 3.08. The predicted molar refractivity (Wildman–Crippen MR) is 61.9 cm³/mol. The molecule has 0 N–H and O–H groups in total. The van der Waals surface area contributed by atoms with Gasteiger partial charge in [0.15, 0.2) is 11.5 Å². The van der Waals surface area contributed by atoms with Crippen LogP contribution in [0.1, 0.15) is 0 Å². The van der Waals surface area contributed by atoms with E-state index in [2.05, 4.69) is 11.5 Å². The first-order chi connectivity index (χ1) is 7.86. The molecule has 1 aromatic rings. The van der Waals surface area contributed by atoms with Gasteiger partial charge in [0.25, 0.3) is 0 Å². The van der Waals surface area contributed by atoms with E-state index in [9.17, 15) is 0 Å². The zero-order valence-electron chi connectivity index (χ0n) is 9.13. The fourth-order valence-electron chi connectivity index (χ4n) is 2.35. The van der Waals surface area contributed by atoms with Crippen molar-refractivity contribution < 1.29 is 9.47 Å². The van der Waals surface area contributed by atoms with Crippen LogP contribution in [0.15, 0.2) is 36.9 Å². The van der Waals surface area contributed by atoms with Crippen molar-refractivity contribution in [3.63, 3.8) is 0 Å². The minimum absolute atomic E-state index is 0.162. The van der Waals surface area contributed by atoms with Crippen molar-refractivity contribution in [1.29, 1.82) is 0 Å². The number of para-hydroxylation sites is 2. The standard InChI is InChI=1S/C13H15NO2/c1-2-7-14-8-12-13(9-14)16-11-6-4-3-5-10(11)15-12/h2-6,12-13H,1,7-9H2/t12-,13-/m0/s1. The molecule has 1 aromatic carbocycles. The molecule has 0 amide bonds. The van der Waals surface area contributed by atoms with E-state index in [4.69, 9.17) is 9.47 Å². The fourth-order valence-corrected chi connectivity index (χ4v) is 2.35. The van der Waals surface area contributed by atoms with Gasteiger partial charge >= 0.3 is 0 Å². The van der Waals surface area contributed by atoms with E-state index < -0.39 is 0 Å². The van der Waals surface area contributed by atoms with Crippen molar-refractivity contribution in [1.82, 2.24) is 4.90 Å². The third-order valence-corrected chi connectivity index (χ3v) is 3.08. The molecule has 2 aliphatic rings. The van der Waals surface area contributed by atoms with Gasteiger partial charge in [-0.05, 0) is 12.1 Å². The minimum atomic E-state index is 0.162. The van der Waals surface area contributed by atoms with Crippen molar-refractivity contribution in [3.8, 4) is 11.5 Å². The normalized spacial score (nSPS) is 27.5. The molecule has 0 bridgehead atoms. The summed E-state index contributed by atoms with van der Waals surface area (Å²) < 4.78 is 11.9. The van der Waals surface area contributed by atoms with Gasteiger partial charge in [-0.3, -0.25) is 4.90 Å². The van der Waals surface area contributed by atoms with Crippen LogP contribution in [0, 0.1) is 0 Å². The molecule has 3 nitrogen and oxygen atoms in total. The maximum absolute atomic E-state index is 5.93. The number of rotatable bonds is 2. The molecule has 16 heavy (non-hydrogen) atoms. The Bertz CT molecular complexity index is 372. The molecule has 0 aromatic heterocycles. The van der Waals surface area contributed by atoms with E-state index in [1.54, 1.807) is 0 Å². The molecule has 2 atom stereocenters. The van der Waals surface area contributed by atoms with E-state index >= 15 is 0 Å². The summed E-state index contributed by atoms with van der Waals surface area (Å²) in [5.74, 6) is 1.73. The number of hydrogen-bond donors (Lipinski definition) is 0. The van der Waals surface area contributed by atoms with Gasteiger partial charge in [0, 0.05) is 19.6 Å². The van der Waals surface area contributed by atoms with Crippen molar-refractivity contribution >= 4 is 0 Å². The molecule has 0 radical (unpaired) electrons. The van der Waals surface area contributed by atoms with Gasteiger partial charge in [-0.2, -0.15) is 0 Å². The van der Waals surface area contributed by atoms with Crippen LogP contribution in [0.5, 0.6) is 11.5 Å². The summed E-state index contributed by atoms with van der Waals surface area (Å²) >= 11 is 0. The van der Waals surface area contributed by atoms with Crippen LogP contribution in [-0.2, 0) is 0 Å². The second-order valence-electron chi connectivity index (χ2n) is 4.27. The lowest BCUT2D eigenvalue weighted by Crippen LogP contribution is -2.38. The molecular formula is C13H15NO2. The number of fused-ring (bicyclic) bond motifs is 2. The number of benzene rings is 1. The Morgan fingerprint density at radius 3 is 2.25 bits per heavy atom. The van der Waals surface area contributed by atoms with Gasteiger partial charge < -0.3 is 9.47 Å². The second-order valence-corrected chi connectivity index (χ2v) is 4.27. The largest absolute Gasteiger partial charge is 0.481 e. The number of likely N-dealkylation sites (tertiary alicyclic amines) is 1. The number of nitrogens with zero attached hydrogens (tertiary/aromatic N) is 1. The Kier molecular flexibility index (Phi) is 2.33. The van der Waals surface area contributed by atoms with Gasteiger partial charge in [0.05, 0.1) is 0 Å². The lowest BCUT2D eigenvalue weighted by molar-refractivity contribution is 0.0552. The summed E-state index contributed by atoms with van der Waals surface area (Å²) in [5, 5.41) is 0. The van der Waals surface area contributed by atoms with Crippen molar-refractivity contribution in [3.05, 3.63) is 36.9 Å². The molecule has 2 heterocycles. The first-order valence-corrected chi connectivity index (χ1v) is 5.62. The molecule has 0 saturated carbocycles. The third kappa shape index (κ3) is 1.57. The molecule has 3 rings (SSSR count). The van der Waals surface area contributed by atoms with Crippen LogP contribution in [-0.4, -0.2) is 36.7 Å². The fraction of sp³-hybridized carbons (Fsp3) is 0.385. The van der Waals surface area contributed by atoms with Gasteiger partial charge in [0.1, 0.15) is 12.2 Å². The Morgan fingerprint density at radius 2 is 1.75 bits per heavy atom. The van der Waals surface area contributed by atoms with Gasteiger partial charge in [-0.25, -0.2) is 0 Å². The average Bonchev–Trinajstić information content (AvgIpc) is 2.67. The summed E-state index contributed by atoms with van der Waals surface area (Å²) in [5.41, 5.74) is 0. The Balaban J connectivity index is 1.78. The average molecular weight is 217 g/mol. The highest BCUT2D eigenvalue weighted by molar-refractivity contribution is 5.41. The highest BCUT2D eigenvalue weighted by atomic mass is 16.6. The van der Waals surface area contributed by atoms with Crippen LogP contribution < -0.4 is 9.47 Å². The molecular weight excluding hydrogens is 202 g/mol. The zero-order valence-corrected chi connectivity index (χ0v) is 9.13. The lowest BCUT2D eigenvalue weighted by atomic mass is 10.2. The molecule has 3 heteroatoms. The topological polar surface area (TPSA) is 21.7 Å². The molecule has 0 spiro atoms. The van der Waals surface area contributed by atoms with Gasteiger partial charge in [0.2, 0.25) is 0 Å². The van der Waals surface area contributed by atoms with Crippen LogP contribution in [0.4, 0.5) is 0 Å². The summed E-state index contributed by atoms with van der Waals surface area (Å²) in [6.45, 7) is 6.50. The van der Waals surface area contributed by atoms with Gasteiger partial charge in [-0.1, -0.05) is 18.2 Å². The lowest BCUT2D eigenvalue weighted by Gasteiger charge is -2.28. The SMILES string of the molecule is C=CCN1C[C@@H]2Oc3ccccc3O[C@H]2C1. The highest BCUT2D eigenvalue weighted by Crippen LogP contribution is 2.35. The number of hydrogen-bond acceptors (Lipinski definition) is 3. The highest BCUT2D eigenvalue weighted by Gasteiger charge is 2.39. The molecule has 84 valence electrons. The molecule has 0 aliphatic carbocycles. The van der Waals surface area contributed by atoms with Crippen LogP contribution in [0.2, 0.25) is 0 Å². The van der Waals surface area contributed by atoms with E-state index in [0.29, 0.717) is 0 Å². The quantitative estimate of drug-likeness (QED) is 0.704. The van der Waals surface area contributed by atoms with E-state index in [-0.39, 0.29) is 12.2 Å². The maximum atomic E-state index is 5.93. The predicted octanol–water partition coefficient (Wildman–Crippen LogP) is 1.70. The molecule has 0 unspecified atom stereocenters. The smallest absolute Gasteiger partial charge is 0.161 e. The summed E-state index contributed by atoms with van der Waals surface area (Å²) in [7, 11) is 0. The summed E-state index contributed by atoms with van der Waals surface area (Å²) in [6, 6.07) is 7.86. The zero-order chi connectivity index (χ0) is 11.0. The van der Waals surface area contributed by atoms with Crippen LogP contribution in [0.25, 0.3) is 0 Å². The summed E-state index contributed by atoms with van der Waals surface area (Å²) in [4.78, 5) is 2.30. The Labute approximate surface area is 95.3 Å². The van der Waals surface area contributed by atoms with Crippen molar-refractivity contribution in [2.45, 2.75) is 12.2 Å². The van der Waals surface area contributed by atoms with E-state index in [1.807, 2.05) is 30.3 Å². The first-order valence-electron chi connectivity index (χ1n) is 5.62. The van der Waals surface area contributed by atoms with E-state index in [0.717, 1.165) is 31.1 Å². The minimum Gasteiger partial charge on any atom is -0.481 e. The maximum Gasteiger partial charge on any atom is 0.161 e. The van der Waals surface area contributed by atoms with Crippen LogP contribution in [0.3, 0.4) is 0 Å². The van der Waals surface area contributed by atoms with Crippen LogP contribution >= 0.6 is 0 Å². The first kappa shape index (κ1) is 9.73. The Morgan fingerprint density at radius 1 is 1.19 bits per heavy atom. The molecule has 2 aliphatic heterocycles. The monoisotopic (exact) mass is 217 g/mol. The molecule has 1 saturated heterocycles. The second kappa shape index (κ2) is 3.83. The number of ether oxygens (including phenoxy) is 2. The van der Waals surface area contributed by atoms with Crippen molar-refractivity contribution in [2.75, 3.05) is 19.6 Å². The van der Waals surface area contributed by atoms with E-state index in [1.165, 1.54) is 0 Å². The Hall–Kier alpha value is -1.48. The van der Waals surface area contributed by atoms with Crippen molar-refractivity contribution in [2.24, 2.45) is 0 Å². The summed E-state index contributed by atoms with van der Waals surface area (Å²) in [6.07, 6.45) is 2.24.